The number of carbonyl (C=O) groups is 2. The van der Waals surface area contributed by atoms with E-state index in [4.69, 9.17) is 0 Å². The molecule has 6 nitrogen and oxygen atoms in total. The van der Waals surface area contributed by atoms with Crippen molar-refractivity contribution in [1.29, 1.82) is 0 Å². The van der Waals surface area contributed by atoms with Crippen LogP contribution in [0.15, 0.2) is 23.7 Å². The van der Waals surface area contributed by atoms with E-state index in [1.165, 1.54) is 27.7 Å². The summed E-state index contributed by atoms with van der Waals surface area (Å²) in [5.74, 6) is -0.750. The molecule has 0 saturated carbocycles. The number of allylic oxidation sites excluding steroid dienone is 4. The Morgan fingerprint density at radius 3 is 0.941 bits per heavy atom. The van der Waals surface area contributed by atoms with Gasteiger partial charge in [0.1, 0.15) is 0 Å². The Bertz CT molecular complexity index is 234. The second-order valence-corrected chi connectivity index (χ2v) is 2.73. The van der Waals surface area contributed by atoms with Crippen molar-refractivity contribution in [2.75, 3.05) is 0 Å². The van der Waals surface area contributed by atoms with Gasteiger partial charge in [0.05, 0.1) is 0 Å². The summed E-state index contributed by atoms with van der Waals surface area (Å²) in [4.78, 5) is 20.0. The Labute approximate surface area is 124 Å². The molecule has 0 heterocycles. The van der Waals surface area contributed by atoms with Crippen LogP contribution in [0, 0.1) is 31.1 Å². The summed E-state index contributed by atoms with van der Waals surface area (Å²) in [6.45, 7) is 5.39. The van der Waals surface area contributed by atoms with Gasteiger partial charge < -0.3 is 21.2 Å². The maximum atomic E-state index is 9.98. The van der Waals surface area contributed by atoms with Crippen LogP contribution in [0.5, 0.6) is 0 Å². The Morgan fingerprint density at radius 1 is 0.765 bits per heavy atom. The van der Waals surface area contributed by atoms with Crippen LogP contribution in [-0.4, -0.2) is 22.5 Å². The first-order chi connectivity index (χ1) is 6.25. The van der Waals surface area contributed by atoms with Crippen molar-refractivity contribution in [1.82, 2.24) is 0 Å². The molecule has 17 heavy (non-hydrogen) atoms. The van der Waals surface area contributed by atoms with Gasteiger partial charge in [-0.1, -0.05) is 13.8 Å². The zero-order valence-corrected chi connectivity index (χ0v) is 14.5. The van der Waals surface area contributed by atoms with E-state index >= 15 is 0 Å². The molecule has 0 aliphatic heterocycles. The Hall–Kier alpha value is -0.608. The van der Waals surface area contributed by atoms with Crippen LogP contribution < -0.4 is 10.2 Å². The van der Waals surface area contributed by atoms with E-state index in [2.05, 4.69) is 0 Å². The smallest absolute Gasteiger partial charge is 0.876 e. The summed E-state index contributed by atoms with van der Waals surface area (Å²) >= 11 is 0. The van der Waals surface area contributed by atoms with Gasteiger partial charge in [-0.15, -0.1) is 11.5 Å². The molecule has 0 spiro atoms. The Kier molecular flexibility index (Phi) is 31.3. The standard InChI is InChI=1S/2C5H8O2.2H2O.U/c2*1-4(6)3-5(2)7;;;/h2*3,6H,1-2H3;2*1H2;/q;;;;+2/p-2/b2*4-3-;;;. The Morgan fingerprint density at radius 2 is 0.941 bits per heavy atom. The predicted molar refractivity (Wildman–Crippen MR) is 56.1 cm³/mol. The van der Waals surface area contributed by atoms with Crippen molar-refractivity contribution in [2.45, 2.75) is 27.7 Å². The average molecular weight is 472 g/mol. The zero-order valence-electron chi connectivity index (χ0n) is 10.3. The summed E-state index contributed by atoms with van der Waals surface area (Å²) in [6.07, 6.45) is 2.11. The monoisotopic (exact) mass is 472 g/mol. The van der Waals surface area contributed by atoms with E-state index in [1.54, 1.807) is 0 Å². The van der Waals surface area contributed by atoms with Gasteiger partial charge in [-0.2, -0.15) is 0 Å². The first-order valence-electron chi connectivity index (χ1n) is 3.97. The van der Waals surface area contributed by atoms with E-state index in [-0.39, 0.29) is 65.2 Å². The summed E-state index contributed by atoms with van der Waals surface area (Å²) < 4.78 is 0. The third-order valence-electron chi connectivity index (χ3n) is 0.813. The van der Waals surface area contributed by atoms with E-state index in [1.807, 2.05) is 0 Å². The summed E-state index contributed by atoms with van der Waals surface area (Å²) in [5.41, 5.74) is 0. The van der Waals surface area contributed by atoms with Crippen molar-refractivity contribution in [3.05, 3.63) is 23.7 Å². The molecule has 0 atom stereocenters. The minimum Gasteiger partial charge on any atom is -0.876 e. The van der Waals surface area contributed by atoms with Crippen LogP contribution in [0.3, 0.4) is 0 Å². The minimum atomic E-state index is -0.187. The molecule has 0 rings (SSSR count). The number of carbonyl (C=O) groups excluding carboxylic acids is 2. The molecule has 0 saturated heterocycles. The SMILES string of the molecule is CC(=O)/C=C(/C)[O-].CC(=O)/C=C(/C)[O-].O.O.[U+2]. The molecular weight excluding hydrogens is 454 g/mol. The molecule has 0 fully saturated rings. The van der Waals surface area contributed by atoms with Gasteiger partial charge in [0, 0.05) is 0 Å². The Balaban J connectivity index is -0.0000000480. The van der Waals surface area contributed by atoms with Gasteiger partial charge in [-0.05, 0) is 26.0 Å². The van der Waals surface area contributed by atoms with Crippen molar-refractivity contribution >= 4 is 11.6 Å². The molecule has 0 bridgehead atoms. The molecular formula is C10H18O6U. The van der Waals surface area contributed by atoms with E-state index in [0.717, 1.165) is 12.2 Å². The van der Waals surface area contributed by atoms with Crippen molar-refractivity contribution < 1.29 is 61.9 Å². The van der Waals surface area contributed by atoms with Crippen LogP contribution in [0.25, 0.3) is 0 Å². The van der Waals surface area contributed by atoms with E-state index in [0.29, 0.717) is 0 Å². The average Bonchev–Trinajstić information content (AvgIpc) is 1.79. The molecule has 0 amide bonds. The fourth-order valence-electron chi connectivity index (χ4n) is 0.572. The zero-order chi connectivity index (χ0) is 11.7. The molecule has 0 aromatic rings. The quantitative estimate of drug-likeness (QED) is 0.339. The minimum absolute atomic E-state index is 0. The molecule has 0 aliphatic rings. The third kappa shape index (κ3) is 50.5. The summed E-state index contributed by atoms with van der Waals surface area (Å²) in [5, 5.41) is 20.0. The molecule has 0 aromatic heterocycles. The van der Waals surface area contributed by atoms with Crippen LogP contribution in [0.4, 0.5) is 0 Å². The molecule has 0 aromatic carbocycles. The first kappa shape index (κ1) is 29.9. The van der Waals surface area contributed by atoms with Crippen molar-refractivity contribution in [3.8, 4) is 0 Å². The second-order valence-electron chi connectivity index (χ2n) is 2.73. The molecule has 98 valence electrons. The molecule has 0 aliphatic carbocycles. The number of rotatable bonds is 2. The molecule has 7 heteroatoms. The normalized spacial score (nSPS) is 9.41. The number of hydrogen-bond donors (Lipinski definition) is 0. The van der Waals surface area contributed by atoms with E-state index < -0.39 is 0 Å². The number of hydrogen-bond acceptors (Lipinski definition) is 4. The largest absolute Gasteiger partial charge is 2.00 e. The van der Waals surface area contributed by atoms with Crippen LogP contribution >= 0.6 is 0 Å². The van der Waals surface area contributed by atoms with Gasteiger partial charge >= 0.3 is 31.1 Å². The molecule has 0 radical (unpaired) electrons. The fraction of sp³-hybridized carbons (Fsp3) is 0.400. The molecule has 0 unspecified atom stereocenters. The first-order valence-corrected chi connectivity index (χ1v) is 3.97. The number of ketones is 2. The van der Waals surface area contributed by atoms with Crippen LogP contribution in [0.2, 0.25) is 0 Å². The third-order valence-corrected chi connectivity index (χ3v) is 0.813. The summed E-state index contributed by atoms with van der Waals surface area (Å²) in [7, 11) is 0. The van der Waals surface area contributed by atoms with Gasteiger partial charge in [0.25, 0.3) is 0 Å². The maximum absolute atomic E-state index is 9.98. The van der Waals surface area contributed by atoms with E-state index in [9.17, 15) is 19.8 Å². The van der Waals surface area contributed by atoms with Crippen molar-refractivity contribution in [2.24, 2.45) is 0 Å². The van der Waals surface area contributed by atoms with Crippen LogP contribution in [-0.2, 0) is 9.59 Å². The van der Waals surface area contributed by atoms with Gasteiger partial charge in [0.15, 0.2) is 11.6 Å². The predicted octanol–water partition coefficient (Wildman–Crippen LogP) is -1.97. The molecule has 4 N–H and O–H groups in total. The maximum Gasteiger partial charge on any atom is 2.00 e. The van der Waals surface area contributed by atoms with Gasteiger partial charge in [-0.25, -0.2) is 0 Å². The fourth-order valence-corrected chi connectivity index (χ4v) is 0.572. The second kappa shape index (κ2) is 17.8. The summed E-state index contributed by atoms with van der Waals surface area (Å²) in [6, 6.07) is 0. The van der Waals surface area contributed by atoms with Crippen LogP contribution in [0.1, 0.15) is 27.7 Å². The van der Waals surface area contributed by atoms with Gasteiger partial charge in [0.2, 0.25) is 0 Å². The van der Waals surface area contributed by atoms with Gasteiger partial charge in [-0.3, -0.25) is 9.59 Å². The topological polar surface area (TPSA) is 143 Å². The van der Waals surface area contributed by atoms with Crippen molar-refractivity contribution in [3.63, 3.8) is 0 Å².